The first kappa shape index (κ1) is 10.8. The van der Waals surface area contributed by atoms with E-state index in [9.17, 15) is 9.59 Å². The van der Waals surface area contributed by atoms with E-state index in [1.807, 2.05) is 17.5 Å². The molecule has 0 N–H and O–H groups in total. The number of rotatable bonds is 2. The van der Waals surface area contributed by atoms with Gasteiger partial charge < -0.3 is 9.80 Å². The van der Waals surface area contributed by atoms with E-state index in [0.717, 1.165) is 24.3 Å². The Kier molecular flexibility index (Phi) is 2.63. The van der Waals surface area contributed by atoms with Crippen LogP contribution in [0.15, 0.2) is 17.5 Å². The number of carbonyl (C=O) groups excluding carboxylic acids is 2. The van der Waals surface area contributed by atoms with Gasteiger partial charge in [0.15, 0.2) is 0 Å². The van der Waals surface area contributed by atoms with Crippen molar-refractivity contribution in [3.63, 3.8) is 0 Å². The molecule has 0 aromatic carbocycles. The SMILES string of the molecule is O=C1C2CCCN2C(=O)CN1Cc1cccs1. The van der Waals surface area contributed by atoms with E-state index in [0.29, 0.717) is 6.54 Å². The molecule has 2 aliphatic heterocycles. The van der Waals surface area contributed by atoms with Gasteiger partial charge in [0.25, 0.3) is 0 Å². The zero-order valence-corrected chi connectivity index (χ0v) is 10.3. The van der Waals surface area contributed by atoms with E-state index >= 15 is 0 Å². The van der Waals surface area contributed by atoms with Crippen molar-refractivity contribution in [2.75, 3.05) is 13.1 Å². The molecule has 4 nitrogen and oxygen atoms in total. The number of nitrogens with zero attached hydrogens (tertiary/aromatic N) is 2. The zero-order chi connectivity index (χ0) is 11.8. The van der Waals surface area contributed by atoms with Crippen LogP contribution in [-0.2, 0) is 16.1 Å². The van der Waals surface area contributed by atoms with Gasteiger partial charge in [0.2, 0.25) is 11.8 Å². The Hall–Kier alpha value is -1.36. The summed E-state index contributed by atoms with van der Waals surface area (Å²) in [7, 11) is 0. The molecule has 3 heterocycles. The Labute approximate surface area is 104 Å². The molecule has 0 spiro atoms. The number of fused-ring (bicyclic) bond motifs is 1. The Balaban J connectivity index is 1.77. The van der Waals surface area contributed by atoms with Gasteiger partial charge in [-0.05, 0) is 24.3 Å². The summed E-state index contributed by atoms with van der Waals surface area (Å²) in [6.07, 6.45) is 1.78. The fourth-order valence-electron chi connectivity index (χ4n) is 2.59. The average Bonchev–Trinajstić information content (AvgIpc) is 2.96. The first-order valence-corrected chi connectivity index (χ1v) is 6.74. The third-order valence-corrected chi connectivity index (χ3v) is 4.28. The molecule has 5 heteroatoms. The van der Waals surface area contributed by atoms with Gasteiger partial charge >= 0.3 is 0 Å². The van der Waals surface area contributed by atoms with E-state index in [-0.39, 0.29) is 24.4 Å². The summed E-state index contributed by atoms with van der Waals surface area (Å²) in [4.78, 5) is 28.7. The van der Waals surface area contributed by atoms with Crippen LogP contribution in [0.4, 0.5) is 0 Å². The molecule has 0 radical (unpaired) electrons. The van der Waals surface area contributed by atoms with Crippen LogP contribution in [0.3, 0.4) is 0 Å². The fourth-order valence-corrected chi connectivity index (χ4v) is 3.31. The van der Waals surface area contributed by atoms with Crippen LogP contribution in [0.1, 0.15) is 17.7 Å². The van der Waals surface area contributed by atoms with Crippen molar-refractivity contribution in [1.82, 2.24) is 9.80 Å². The summed E-state index contributed by atoms with van der Waals surface area (Å²) in [6, 6.07) is 3.79. The van der Waals surface area contributed by atoms with Gasteiger partial charge in [-0.3, -0.25) is 9.59 Å². The van der Waals surface area contributed by atoms with Crippen molar-refractivity contribution in [3.05, 3.63) is 22.4 Å². The lowest BCUT2D eigenvalue weighted by Crippen LogP contribution is -2.56. The van der Waals surface area contributed by atoms with E-state index in [2.05, 4.69) is 0 Å². The second-order valence-electron chi connectivity index (χ2n) is 4.52. The number of hydrogen-bond donors (Lipinski definition) is 0. The highest BCUT2D eigenvalue weighted by atomic mass is 32.1. The molecule has 0 bridgehead atoms. The predicted molar refractivity (Wildman–Crippen MR) is 64.5 cm³/mol. The molecule has 1 aromatic heterocycles. The maximum Gasteiger partial charge on any atom is 0.246 e. The second kappa shape index (κ2) is 4.14. The van der Waals surface area contributed by atoms with E-state index < -0.39 is 0 Å². The normalized spacial score (nSPS) is 24.4. The predicted octanol–water partition coefficient (Wildman–Crippen LogP) is 1.08. The van der Waals surface area contributed by atoms with Crippen molar-refractivity contribution < 1.29 is 9.59 Å². The Morgan fingerprint density at radius 3 is 3.06 bits per heavy atom. The number of thiophene rings is 1. The van der Waals surface area contributed by atoms with Gasteiger partial charge in [-0.1, -0.05) is 6.07 Å². The Bertz CT molecular complexity index is 443. The standard InChI is InChI=1S/C12H14N2O2S/c15-11-8-13(7-9-3-2-6-17-9)12(16)10-4-1-5-14(10)11/h2-3,6,10H,1,4-5,7-8H2. The molecule has 2 saturated heterocycles. The molecule has 2 fully saturated rings. The van der Waals surface area contributed by atoms with Crippen molar-refractivity contribution in [1.29, 1.82) is 0 Å². The first-order chi connectivity index (χ1) is 8.25. The average molecular weight is 250 g/mol. The lowest BCUT2D eigenvalue weighted by molar-refractivity contribution is -0.154. The third-order valence-electron chi connectivity index (χ3n) is 3.42. The highest BCUT2D eigenvalue weighted by Crippen LogP contribution is 2.25. The molecule has 2 aliphatic rings. The molecule has 0 saturated carbocycles. The van der Waals surface area contributed by atoms with Crippen molar-refractivity contribution >= 4 is 23.2 Å². The number of piperazine rings is 1. The quantitative estimate of drug-likeness (QED) is 0.788. The van der Waals surface area contributed by atoms with Crippen LogP contribution in [0.2, 0.25) is 0 Å². The Morgan fingerprint density at radius 1 is 1.41 bits per heavy atom. The molecule has 1 unspecified atom stereocenters. The smallest absolute Gasteiger partial charge is 0.246 e. The van der Waals surface area contributed by atoms with Gasteiger partial charge in [-0.2, -0.15) is 0 Å². The van der Waals surface area contributed by atoms with Crippen molar-refractivity contribution in [2.45, 2.75) is 25.4 Å². The van der Waals surface area contributed by atoms with Crippen LogP contribution >= 0.6 is 11.3 Å². The van der Waals surface area contributed by atoms with Gasteiger partial charge in [0.1, 0.15) is 12.6 Å². The highest BCUT2D eigenvalue weighted by Gasteiger charge is 2.41. The summed E-state index contributed by atoms with van der Waals surface area (Å²) >= 11 is 1.63. The summed E-state index contributed by atoms with van der Waals surface area (Å²) in [5, 5.41) is 1.99. The van der Waals surface area contributed by atoms with E-state index in [4.69, 9.17) is 0 Å². The van der Waals surface area contributed by atoms with Crippen LogP contribution in [-0.4, -0.2) is 40.7 Å². The van der Waals surface area contributed by atoms with Gasteiger partial charge in [0.05, 0.1) is 6.54 Å². The monoisotopic (exact) mass is 250 g/mol. The van der Waals surface area contributed by atoms with Gasteiger partial charge in [0, 0.05) is 11.4 Å². The van der Waals surface area contributed by atoms with Crippen LogP contribution in [0.5, 0.6) is 0 Å². The second-order valence-corrected chi connectivity index (χ2v) is 5.55. The number of hydrogen-bond acceptors (Lipinski definition) is 3. The van der Waals surface area contributed by atoms with E-state index in [1.165, 1.54) is 0 Å². The maximum atomic E-state index is 12.2. The minimum absolute atomic E-state index is 0.101. The molecular weight excluding hydrogens is 236 g/mol. The van der Waals surface area contributed by atoms with Gasteiger partial charge in [-0.15, -0.1) is 11.3 Å². The fraction of sp³-hybridized carbons (Fsp3) is 0.500. The third kappa shape index (κ3) is 1.84. The minimum atomic E-state index is -0.184. The molecular formula is C12H14N2O2S. The molecule has 2 amide bonds. The van der Waals surface area contributed by atoms with Gasteiger partial charge in [-0.25, -0.2) is 0 Å². The van der Waals surface area contributed by atoms with E-state index in [1.54, 1.807) is 21.1 Å². The van der Waals surface area contributed by atoms with Crippen LogP contribution in [0, 0.1) is 0 Å². The lowest BCUT2D eigenvalue weighted by atomic mass is 10.1. The van der Waals surface area contributed by atoms with Crippen molar-refractivity contribution in [3.8, 4) is 0 Å². The maximum absolute atomic E-state index is 12.2. The summed E-state index contributed by atoms with van der Waals surface area (Å²) in [5.74, 6) is 0.221. The molecule has 90 valence electrons. The van der Waals surface area contributed by atoms with Crippen molar-refractivity contribution in [2.24, 2.45) is 0 Å². The topological polar surface area (TPSA) is 40.6 Å². The molecule has 1 aromatic rings. The molecule has 17 heavy (non-hydrogen) atoms. The molecule has 3 rings (SSSR count). The molecule has 0 aliphatic carbocycles. The largest absolute Gasteiger partial charge is 0.329 e. The molecule has 1 atom stereocenters. The first-order valence-electron chi connectivity index (χ1n) is 5.86. The summed E-state index contributed by atoms with van der Waals surface area (Å²) < 4.78 is 0. The minimum Gasteiger partial charge on any atom is -0.329 e. The summed E-state index contributed by atoms with van der Waals surface area (Å²) in [6.45, 7) is 1.57. The summed E-state index contributed by atoms with van der Waals surface area (Å²) in [5.41, 5.74) is 0. The van der Waals surface area contributed by atoms with Crippen LogP contribution < -0.4 is 0 Å². The Morgan fingerprint density at radius 2 is 2.29 bits per heavy atom. The number of amides is 2. The number of carbonyl (C=O) groups is 2. The zero-order valence-electron chi connectivity index (χ0n) is 9.46. The van der Waals surface area contributed by atoms with Crippen LogP contribution in [0.25, 0.3) is 0 Å². The lowest BCUT2D eigenvalue weighted by Gasteiger charge is -2.36. The highest BCUT2D eigenvalue weighted by molar-refractivity contribution is 7.09.